The molecule has 1 N–H and O–H groups in total. The van der Waals surface area contributed by atoms with E-state index in [9.17, 15) is 4.39 Å². The summed E-state index contributed by atoms with van der Waals surface area (Å²) in [5, 5.41) is 7.38. The van der Waals surface area contributed by atoms with Crippen molar-refractivity contribution in [3.63, 3.8) is 0 Å². The Labute approximate surface area is 124 Å². The van der Waals surface area contributed by atoms with Gasteiger partial charge in [0.2, 0.25) is 0 Å². The third-order valence-electron chi connectivity index (χ3n) is 2.85. The summed E-state index contributed by atoms with van der Waals surface area (Å²) < 4.78 is 16.0. The maximum atomic E-state index is 13.9. The fourth-order valence-corrected chi connectivity index (χ4v) is 2.40. The number of hydrogen-bond donors (Lipinski definition) is 1. The van der Waals surface area contributed by atoms with Gasteiger partial charge in [0.1, 0.15) is 5.82 Å². The van der Waals surface area contributed by atoms with Crippen LogP contribution < -0.4 is 0 Å². The molecule has 1 aromatic heterocycles. The summed E-state index contributed by atoms with van der Waals surface area (Å²) in [6.45, 7) is 0. The zero-order chi connectivity index (χ0) is 14.1. The number of benzene rings is 2. The van der Waals surface area contributed by atoms with Crippen molar-refractivity contribution in [2.45, 2.75) is 0 Å². The predicted octanol–water partition coefficient (Wildman–Crippen LogP) is 4.39. The van der Waals surface area contributed by atoms with E-state index in [2.05, 4.69) is 10.2 Å². The van der Waals surface area contributed by atoms with Gasteiger partial charge in [-0.3, -0.25) is 9.67 Å². The first kappa shape index (κ1) is 13.0. The summed E-state index contributed by atoms with van der Waals surface area (Å²) in [4.78, 5) is 0. The van der Waals surface area contributed by atoms with E-state index < -0.39 is 0 Å². The minimum atomic E-state index is -0.357. The second kappa shape index (κ2) is 5.19. The molecule has 20 heavy (non-hydrogen) atoms. The molecule has 0 saturated heterocycles. The molecule has 2 aromatic carbocycles. The maximum absolute atomic E-state index is 13.9. The molecular weight excluding hydrogens is 297 g/mol. The highest BCUT2D eigenvalue weighted by molar-refractivity contribution is 7.71. The van der Waals surface area contributed by atoms with Crippen molar-refractivity contribution in [1.82, 2.24) is 14.8 Å². The van der Waals surface area contributed by atoms with Gasteiger partial charge in [-0.2, -0.15) is 5.10 Å². The highest BCUT2D eigenvalue weighted by Crippen LogP contribution is 2.25. The molecule has 0 unspecified atom stereocenters. The average Bonchev–Trinajstić information content (AvgIpc) is 2.81. The molecule has 6 heteroatoms. The van der Waals surface area contributed by atoms with Gasteiger partial charge < -0.3 is 0 Å². The van der Waals surface area contributed by atoms with Crippen LogP contribution >= 0.6 is 23.8 Å². The number of nitrogens with zero attached hydrogens (tertiary/aromatic N) is 2. The Hall–Kier alpha value is -1.98. The van der Waals surface area contributed by atoms with Crippen LogP contribution in [0.5, 0.6) is 0 Å². The molecule has 3 aromatic rings. The Morgan fingerprint density at radius 2 is 1.95 bits per heavy atom. The highest BCUT2D eigenvalue weighted by atomic mass is 35.5. The lowest BCUT2D eigenvalue weighted by Crippen LogP contribution is -1.99. The fourth-order valence-electron chi connectivity index (χ4n) is 1.97. The van der Waals surface area contributed by atoms with Crippen molar-refractivity contribution in [3.8, 4) is 17.1 Å². The van der Waals surface area contributed by atoms with E-state index in [1.807, 2.05) is 6.07 Å². The first-order chi connectivity index (χ1) is 9.66. The Bertz CT molecular complexity index is 825. The number of nitrogens with one attached hydrogen (secondary N) is 1. The second-order valence-electron chi connectivity index (χ2n) is 4.15. The smallest absolute Gasteiger partial charge is 0.200 e. The molecule has 3 nitrogen and oxygen atoms in total. The molecule has 1 heterocycles. The third-order valence-corrected chi connectivity index (χ3v) is 3.36. The number of rotatable bonds is 2. The summed E-state index contributed by atoms with van der Waals surface area (Å²) in [6.07, 6.45) is 0. The van der Waals surface area contributed by atoms with Gasteiger partial charge in [0.05, 0.1) is 11.3 Å². The maximum Gasteiger partial charge on any atom is 0.200 e. The third kappa shape index (κ3) is 2.26. The molecule has 0 aliphatic carbocycles. The van der Waals surface area contributed by atoms with Gasteiger partial charge in [-0.05, 0) is 42.5 Å². The van der Waals surface area contributed by atoms with Crippen LogP contribution in [0, 0.1) is 10.6 Å². The quantitative estimate of drug-likeness (QED) is 0.712. The van der Waals surface area contributed by atoms with Crippen molar-refractivity contribution in [2.24, 2.45) is 0 Å². The Morgan fingerprint density at radius 3 is 2.70 bits per heavy atom. The van der Waals surface area contributed by atoms with Gasteiger partial charge in [0.25, 0.3) is 0 Å². The van der Waals surface area contributed by atoms with Crippen molar-refractivity contribution in [2.75, 3.05) is 0 Å². The molecule has 3 rings (SSSR count). The zero-order valence-electron chi connectivity index (χ0n) is 10.2. The van der Waals surface area contributed by atoms with Crippen molar-refractivity contribution >= 4 is 23.8 Å². The van der Waals surface area contributed by atoms with Gasteiger partial charge in [-0.25, -0.2) is 4.39 Å². The summed E-state index contributed by atoms with van der Waals surface area (Å²) in [7, 11) is 0. The Balaban J connectivity index is 2.26. The monoisotopic (exact) mass is 305 g/mol. The van der Waals surface area contributed by atoms with E-state index in [1.165, 1.54) is 6.07 Å². The van der Waals surface area contributed by atoms with Crippen LogP contribution in [0.4, 0.5) is 4.39 Å². The predicted molar refractivity (Wildman–Crippen MR) is 79.2 cm³/mol. The lowest BCUT2D eigenvalue weighted by atomic mass is 10.2. The lowest BCUT2D eigenvalue weighted by Gasteiger charge is -2.07. The van der Waals surface area contributed by atoms with Gasteiger partial charge in [-0.1, -0.05) is 29.8 Å². The number of hydrogen-bond acceptors (Lipinski definition) is 2. The normalized spacial score (nSPS) is 10.7. The molecular formula is C14H9ClFN3S. The summed E-state index contributed by atoms with van der Waals surface area (Å²) in [5.41, 5.74) is 1.11. The van der Waals surface area contributed by atoms with Crippen LogP contribution in [0.1, 0.15) is 0 Å². The summed E-state index contributed by atoms with van der Waals surface area (Å²) in [6, 6.07) is 13.6. The Morgan fingerprint density at radius 1 is 1.15 bits per heavy atom. The molecule has 0 saturated carbocycles. The van der Waals surface area contributed by atoms with Crippen LogP contribution in [0.25, 0.3) is 17.1 Å². The first-order valence-electron chi connectivity index (χ1n) is 5.85. The average molecular weight is 306 g/mol. The fraction of sp³-hybridized carbons (Fsp3) is 0. The van der Waals surface area contributed by atoms with E-state index in [-0.39, 0.29) is 5.82 Å². The molecule has 0 fully saturated rings. The van der Waals surface area contributed by atoms with Crippen LogP contribution in [-0.2, 0) is 0 Å². The Kier molecular flexibility index (Phi) is 3.38. The lowest BCUT2D eigenvalue weighted by molar-refractivity contribution is 0.629. The van der Waals surface area contributed by atoms with Crippen LogP contribution in [0.3, 0.4) is 0 Å². The molecule has 0 atom stereocenters. The van der Waals surface area contributed by atoms with Gasteiger partial charge in [0.15, 0.2) is 10.6 Å². The van der Waals surface area contributed by atoms with E-state index in [4.69, 9.17) is 23.8 Å². The topological polar surface area (TPSA) is 33.6 Å². The molecule has 0 aliphatic rings. The SMILES string of the molecule is Fc1ccccc1-c1n[nH]c(=S)n1-c1cccc(Cl)c1. The molecule has 0 amide bonds. The highest BCUT2D eigenvalue weighted by Gasteiger charge is 2.14. The minimum Gasteiger partial charge on any atom is -0.268 e. The number of aromatic amines is 1. The van der Waals surface area contributed by atoms with E-state index in [0.29, 0.717) is 21.2 Å². The van der Waals surface area contributed by atoms with Crippen LogP contribution in [0.2, 0.25) is 5.02 Å². The number of H-pyrrole nitrogens is 1. The zero-order valence-corrected chi connectivity index (χ0v) is 11.7. The molecule has 0 spiro atoms. The molecule has 100 valence electrons. The van der Waals surface area contributed by atoms with Gasteiger partial charge in [-0.15, -0.1) is 0 Å². The van der Waals surface area contributed by atoms with E-state index >= 15 is 0 Å². The minimum absolute atomic E-state index is 0.357. The van der Waals surface area contributed by atoms with Crippen molar-refractivity contribution in [3.05, 3.63) is 64.1 Å². The number of aromatic nitrogens is 3. The van der Waals surface area contributed by atoms with Crippen LogP contribution in [0.15, 0.2) is 48.5 Å². The van der Waals surface area contributed by atoms with Gasteiger partial charge >= 0.3 is 0 Å². The first-order valence-corrected chi connectivity index (χ1v) is 6.64. The van der Waals surface area contributed by atoms with Crippen molar-refractivity contribution in [1.29, 1.82) is 0 Å². The van der Waals surface area contributed by atoms with E-state index in [0.717, 1.165) is 5.69 Å². The second-order valence-corrected chi connectivity index (χ2v) is 4.97. The van der Waals surface area contributed by atoms with Gasteiger partial charge in [0, 0.05) is 5.02 Å². The number of halogens is 2. The van der Waals surface area contributed by atoms with Crippen LogP contribution in [-0.4, -0.2) is 14.8 Å². The molecule has 0 aliphatic heterocycles. The molecule has 0 radical (unpaired) electrons. The largest absolute Gasteiger partial charge is 0.268 e. The summed E-state index contributed by atoms with van der Waals surface area (Å²) >= 11 is 11.2. The standard InChI is InChI=1S/C14H9ClFN3S/c15-9-4-3-5-10(8-9)19-13(17-18-14(19)20)11-6-1-2-7-12(11)16/h1-8H,(H,18,20). The summed E-state index contributed by atoms with van der Waals surface area (Å²) in [5.74, 6) is 0.0557. The molecule has 0 bridgehead atoms. The van der Waals surface area contributed by atoms with Crippen molar-refractivity contribution < 1.29 is 4.39 Å². The van der Waals surface area contributed by atoms with E-state index in [1.54, 1.807) is 41.0 Å².